The fraction of sp³-hybridized carbons (Fsp3) is 0.500. The molecule has 2 heterocycles. The standard InChI is InChI=1S/C20H25N3O2/c1-2-25-15-11-9-14(10-12-15)18-8-5-13-23(18)20(24)19-16-6-3-4-7-17(16)21-22-19/h9-12,18H,2-8,13H2,1H3,(H,21,22). The van der Waals surface area contributed by atoms with Gasteiger partial charge >= 0.3 is 0 Å². The Balaban J connectivity index is 1.56. The quantitative estimate of drug-likeness (QED) is 0.925. The fourth-order valence-electron chi connectivity index (χ4n) is 4.10. The van der Waals surface area contributed by atoms with Gasteiger partial charge in [-0.15, -0.1) is 0 Å². The number of amides is 1. The smallest absolute Gasteiger partial charge is 0.275 e. The van der Waals surface area contributed by atoms with E-state index in [0.29, 0.717) is 12.3 Å². The highest BCUT2D eigenvalue weighted by atomic mass is 16.5. The van der Waals surface area contributed by atoms with E-state index in [4.69, 9.17) is 4.74 Å². The zero-order valence-electron chi connectivity index (χ0n) is 14.8. The highest BCUT2D eigenvalue weighted by Gasteiger charge is 2.33. The normalized spacial score (nSPS) is 19.7. The molecule has 1 aromatic heterocycles. The minimum atomic E-state index is 0.0794. The van der Waals surface area contributed by atoms with Gasteiger partial charge in [-0.25, -0.2) is 0 Å². The summed E-state index contributed by atoms with van der Waals surface area (Å²) in [6.07, 6.45) is 6.35. The topological polar surface area (TPSA) is 58.2 Å². The summed E-state index contributed by atoms with van der Waals surface area (Å²) in [7, 11) is 0. The highest BCUT2D eigenvalue weighted by Crippen LogP contribution is 2.35. The number of benzene rings is 1. The van der Waals surface area contributed by atoms with Crippen LogP contribution in [-0.4, -0.2) is 34.2 Å². The van der Waals surface area contributed by atoms with E-state index in [9.17, 15) is 4.79 Å². The van der Waals surface area contributed by atoms with E-state index in [1.165, 1.54) is 12.0 Å². The molecule has 1 atom stereocenters. The van der Waals surface area contributed by atoms with Gasteiger partial charge in [-0.1, -0.05) is 12.1 Å². The lowest BCUT2D eigenvalue weighted by Gasteiger charge is -2.25. The van der Waals surface area contributed by atoms with Crippen molar-refractivity contribution in [3.8, 4) is 5.75 Å². The van der Waals surface area contributed by atoms with Crippen molar-refractivity contribution in [2.75, 3.05) is 13.2 Å². The van der Waals surface area contributed by atoms with E-state index in [0.717, 1.165) is 55.7 Å². The zero-order valence-corrected chi connectivity index (χ0v) is 14.8. The lowest BCUT2D eigenvalue weighted by atomic mass is 9.95. The number of aryl methyl sites for hydroxylation is 1. The Labute approximate surface area is 148 Å². The third kappa shape index (κ3) is 3.03. The molecular weight excluding hydrogens is 314 g/mol. The third-order valence-corrected chi connectivity index (χ3v) is 5.35. The van der Waals surface area contributed by atoms with Gasteiger partial charge in [-0.3, -0.25) is 9.89 Å². The zero-order chi connectivity index (χ0) is 17.2. The number of aromatic amines is 1. The van der Waals surface area contributed by atoms with Crippen molar-refractivity contribution in [2.45, 2.75) is 51.5 Å². The number of nitrogens with zero attached hydrogens (tertiary/aromatic N) is 2. The van der Waals surface area contributed by atoms with E-state index in [1.54, 1.807) is 0 Å². The largest absolute Gasteiger partial charge is 0.494 e. The molecule has 1 fully saturated rings. The number of rotatable bonds is 4. The molecule has 1 N–H and O–H groups in total. The molecule has 2 aromatic rings. The Morgan fingerprint density at radius 2 is 2.04 bits per heavy atom. The molecule has 1 aliphatic heterocycles. The van der Waals surface area contributed by atoms with E-state index in [1.807, 2.05) is 24.0 Å². The van der Waals surface area contributed by atoms with E-state index >= 15 is 0 Å². The number of ether oxygens (including phenoxy) is 1. The number of nitrogens with one attached hydrogen (secondary N) is 1. The molecule has 1 saturated heterocycles. The number of hydrogen-bond donors (Lipinski definition) is 1. The van der Waals surface area contributed by atoms with Crippen LogP contribution in [0.4, 0.5) is 0 Å². The molecule has 1 aliphatic carbocycles. The van der Waals surface area contributed by atoms with Crippen molar-refractivity contribution < 1.29 is 9.53 Å². The Hall–Kier alpha value is -2.30. The molecule has 5 heteroatoms. The first-order valence-corrected chi connectivity index (χ1v) is 9.37. The van der Waals surface area contributed by atoms with Gasteiger partial charge in [0.1, 0.15) is 5.75 Å². The van der Waals surface area contributed by atoms with Crippen LogP contribution < -0.4 is 4.74 Å². The second-order valence-corrected chi connectivity index (χ2v) is 6.90. The summed E-state index contributed by atoms with van der Waals surface area (Å²) < 4.78 is 5.52. The summed E-state index contributed by atoms with van der Waals surface area (Å²) in [5, 5.41) is 7.47. The van der Waals surface area contributed by atoms with Gasteiger partial charge in [-0.05, 0) is 63.1 Å². The lowest BCUT2D eigenvalue weighted by molar-refractivity contribution is 0.0728. The van der Waals surface area contributed by atoms with Crippen LogP contribution in [0.1, 0.15) is 66.0 Å². The summed E-state index contributed by atoms with van der Waals surface area (Å²) in [4.78, 5) is 15.2. The maximum absolute atomic E-state index is 13.2. The van der Waals surface area contributed by atoms with Gasteiger partial charge in [0.05, 0.1) is 12.6 Å². The number of fused-ring (bicyclic) bond motifs is 1. The van der Waals surface area contributed by atoms with Crippen molar-refractivity contribution in [1.29, 1.82) is 0 Å². The Bertz CT molecular complexity index is 751. The Kier molecular flexibility index (Phi) is 4.47. The molecule has 132 valence electrons. The monoisotopic (exact) mass is 339 g/mol. The van der Waals surface area contributed by atoms with Crippen LogP contribution >= 0.6 is 0 Å². The molecule has 25 heavy (non-hydrogen) atoms. The maximum atomic E-state index is 13.2. The summed E-state index contributed by atoms with van der Waals surface area (Å²) in [5.41, 5.74) is 4.13. The van der Waals surface area contributed by atoms with Gasteiger partial charge in [0, 0.05) is 17.8 Å². The van der Waals surface area contributed by atoms with Crippen LogP contribution in [0.15, 0.2) is 24.3 Å². The summed E-state index contributed by atoms with van der Waals surface area (Å²) in [6.45, 7) is 3.45. The molecule has 1 amide bonds. The molecule has 4 rings (SSSR count). The minimum absolute atomic E-state index is 0.0794. The molecular formula is C20H25N3O2. The van der Waals surface area contributed by atoms with Gasteiger partial charge in [0.25, 0.3) is 5.91 Å². The minimum Gasteiger partial charge on any atom is -0.494 e. The molecule has 1 aromatic carbocycles. The molecule has 0 saturated carbocycles. The molecule has 0 radical (unpaired) electrons. The van der Waals surface area contributed by atoms with Crippen LogP contribution in [-0.2, 0) is 12.8 Å². The third-order valence-electron chi connectivity index (χ3n) is 5.35. The van der Waals surface area contributed by atoms with Crippen molar-refractivity contribution in [1.82, 2.24) is 15.1 Å². The summed E-state index contributed by atoms with van der Waals surface area (Å²) in [6, 6.07) is 8.30. The van der Waals surface area contributed by atoms with Gasteiger partial charge < -0.3 is 9.64 Å². The molecule has 0 bridgehead atoms. The van der Waals surface area contributed by atoms with Crippen LogP contribution in [0.3, 0.4) is 0 Å². The van der Waals surface area contributed by atoms with Gasteiger partial charge in [0.15, 0.2) is 5.69 Å². The molecule has 0 spiro atoms. The number of H-pyrrole nitrogens is 1. The van der Waals surface area contributed by atoms with E-state index in [-0.39, 0.29) is 11.9 Å². The van der Waals surface area contributed by atoms with Crippen molar-refractivity contribution >= 4 is 5.91 Å². The van der Waals surface area contributed by atoms with Crippen molar-refractivity contribution in [3.05, 3.63) is 46.8 Å². The summed E-state index contributed by atoms with van der Waals surface area (Å²) in [5.74, 6) is 0.958. The van der Waals surface area contributed by atoms with Crippen molar-refractivity contribution in [2.24, 2.45) is 0 Å². The van der Waals surface area contributed by atoms with Crippen LogP contribution in [0.2, 0.25) is 0 Å². The van der Waals surface area contributed by atoms with Gasteiger partial charge in [-0.2, -0.15) is 5.10 Å². The first-order valence-electron chi connectivity index (χ1n) is 9.37. The van der Waals surface area contributed by atoms with Crippen LogP contribution in [0.25, 0.3) is 0 Å². The number of hydrogen-bond acceptors (Lipinski definition) is 3. The second kappa shape index (κ2) is 6.90. The SMILES string of the molecule is CCOc1ccc(C2CCCN2C(=O)c2n[nH]c3c2CCCC3)cc1. The predicted molar refractivity (Wildman–Crippen MR) is 95.9 cm³/mol. The predicted octanol–water partition coefficient (Wildman–Crippen LogP) is 3.66. The number of carbonyl (C=O) groups is 1. The average Bonchev–Trinajstić information content (AvgIpc) is 3.29. The number of aromatic nitrogens is 2. The maximum Gasteiger partial charge on any atom is 0.275 e. The first kappa shape index (κ1) is 16.2. The van der Waals surface area contributed by atoms with Crippen LogP contribution in [0, 0.1) is 0 Å². The fourth-order valence-corrected chi connectivity index (χ4v) is 4.10. The van der Waals surface area contributed by atoms with Crippen LogP contribution in [0.5, 0.6) is 5.75 Å². The number of likely N-dealkylation sites (tertiary alicyclic amines) is 1. The molecule has 5 nitrogen and oxygen atoms in total. The van der Waals surface area contributed by atoms with Crippen molar-refractivity contribution in [3.63, 3.8) is 0 Å². The molecule has 2 aliphatic rings. The number of carbonyl (C=O) groups excluding carboxylic acids is 1. The Morgan fingerprint density at radius 3 is 2.84 bits per heavy atom. The summed E-state index contributed by atoms with van der Waals surface area (Å²) >= 11 is 0. The molecule has 1 unspecified atom stereocenters. The average molecular weight is 339 g/mol. The van der Waals surface area contributed by atoms with Gasteiger partial charge in [0.2, 0.25) is 0 Å². The lowest BCUT2D eigenvalue weighted by Crippen LogP contribution is -2.31. The second-order valence-electron chi connectivity index (χ2n) is 6.90. The highest BCUT2D eigenvalue weighted by molar-refractivity contribution is 5.94. The Morgan fingerprint density at radius 1 is 1.24 bits per heavy atom. The van der Waals surface area contributed by atoms with E-state index < -0.39 is 0 Å². The van der Waals surface area contributed by atoms with E-state index in [2.05, 4.69) is 22.3 Å². The first-order chi connectivity index (χ1) is 12.3.